The summed E-state index contributed by atoms with van der Waals surface area (Å²) in [5.41, 5.74) is 1.09. The Morgan fingerprint density at radius 3 is 2.75 bits per heavy atom. The number of amides is 1. The molecule has 2 aromatic carbocycles. The minimum Gasteiger partial charge on any atom is -0.267 e. The largest absolute Gasteiger partial charge is 0.280 e. The molecule has 0 N–H and O–H groups in total. The number of hydrogen-bond acceptors (Lipinski definition) is 7. The van der Waals surface area contributed by atoms with E-state index in [0.717, 1.165) is 32.4 Å². The van der Waals surface area contributed by atoms with Gasteiger partial charge in [-0.2, -0.15) is 14.4 Å². The van der Waals surface area contributed by atoms with Gasteiger partial charge >= 0.3 is 0 Å². The monoisotopic (exact) mass is 602 g/mol. The maximum absolute atomic E-state index is 13.6. The molecule has 1 saturated heterocycles. The van der Waals surface area contributed by atoms with E-state index < -0.39 is 15.9 Å². The Balaban J connectivity index is 1.46. The fraction of sp³-hybridized carbons (Fsp3) is 0.240. The number of thiophene rings is 1. The SMILES string of the molecule is CC1CCCN(S(=O)(=O)c2ccc(C(=O)N(/N=C/c3cccs3)c3nc4ccc(Br)cc4s3)cc2)C1. The Kier molecular flexibility index (Phi) is 7.36. The maximum atomic E-state index is 13.6. The molecule has 1 amide bonds. The summed E-state index contributed by atoms with van der Waals surface area (Å²) in [7, 11) is -3.61. The van der Waals surface area contributed by atoms with Crippen LogP contribution in [0.3, 0.4) is 0 Å². The van der Waals surface area contributed by atoms with Crippen LogP contribution in [0.4, 0.5) is 5.13 Å². The van der Waals surface area contributed by atoms with Crippen LogP contribution >= 0.6 is 38.6 Å². The van der Waals surface area contributed by atoms with Gasteiger partial charge in [-0.1, -0.05) is 40.3 Å². The summed E-state index contributed by atoms with van der Waals surface area (Å²) in [4.78, 5) is 19.3. The Morgan fingerprint density at radius 2 is 2.03 bits per heavy atom. The van der Waals surface area contributed by atoms with Gasteiger partial charge in [0.25, 0.3) is 5.91 Å². The van der Waals surface area contributed by atoms with Crippen LogP contribution in [-0.2, 0) is 10.0 Å². The maximum Gasteiger partial charge on any atom is 0.280 e. The number of anilines is 1. The molecule has 1 aliphatic rings. The van der Waals surface area contributed by atoms with Crippen LogP contribution in [0.1, 0.15) is 35.0 Å². The van der Waals surface area contributed by atoms with Crippen molar-refractivity contribution in [2.45, 2.75) is 24.7 Å². The summed E-state index contributed by atoms with van der Waals surface area (Å²) in [6.07, 6.45) is 3.51. The number of rotatable bonds is 6. The normalized spacial score (nSPS) is 17.1. The highest BCUT2D eigenvalue weighted by Gasteiger charge is 2.29. The molecule has 0 bridgehead atoms. The Labute approximate surface area is 226 Å². The Bertz CT molecular complexity index is 1520. The molecule has 0 radical (unpaired) electrons. The van der Waals surface area contributed by atoms with E-state index in [1.165, 1.54) is 44.1 Å². The number of hydrazone groups is 1. The molecule has 1 aliphatic heterocycles. The van der Waals surface area contributed by atoms with Gasteiger partial charge in [0.2, 0.25) is 15.2 Å². The molecular weight excluding hydrogens is 580 g/mol. The molecule has 3 heterocycles. The molecule has 0 saturated carbocycles. The fourth-order valence-corrected chi connectivity index (χ4v) is 7.70. The van der Waals surface area contributed by atoms with E-state index in [1.807, 2.05) is 35.7 Å². The number of thiazole rings is 1. The average Bonchev–Trinajstić information content (AvgIpc) is 3.54. The van der Waals surface area contributed by atoms with Crippen molar-refractivity contribution in [3.8, 4) is 0 Å². The molecule has 5 rings (SSSR count). The number of halogens is 1. The topological polar surface area (TPSA) is 82.9 Å². The first kappa shape index (κ1) is 25.2. The van der Waals surface area contributed by atoms with Crippen LogP contribution in [0, 0.1) is 5.92 Å². The molecule has 1 unspecified atom stereocenters. The molecular formula is C25H23BrN4O3S3. The third kappa shape index (κ3) is 5.30. The number of sulfonamides is 1. The molecule has 11 heteroatoms. The van der Waals surface area contributed by atoms with Crippen LogP contribution in [0.15, 0.2) is 74.4 Å². The zero-order chi connectivity index (χ0) is 25.3. The van der Waals surface area contributed by atoms with Gasteiger partial charge in [-0.05, 0) is 72.7 Å². The highest BCUT2D eigenvalue weighted by molar-refractivity contribution is 9.10. The van der Waals surface area contributed by atoms with E-state index in [1.54, 1.807) is 18.3 Å². The smallest absolute Gasteiger partial charge is 0.267 e. The van der Waals surface area contributed by atoms with E-state index in [9.17, 15) is 13.2 Å². The predicted octanol–water partition coefficient (Wildman–Crippen LogP) is 6.22. The molecule has 36 heavy (non-hydrogen) atoms. The van der Waals surface area contributed by atoms with E-state index in [2.05, 4.69) is 32.9 Å². The van der Waals surface area contributed by atoms with Crippen molar-refractivity contribution in [2.75, 3.05) is 18.1 Å². The molecule has 0 aliphatic carbocycles. The summed E-state index contributed by atoms with van der Waals surface area (Å²) in [6.45, 7) is 3.10. The number of nitrogens with zero attached hydrogens (tertiary/aromatic N) is 4. The second-order valence-corrected chi connectivity index (χ2v) is 13.5. The van der Waals surface area contributed by atoms with E-state index in [0.29, 0.717) is 29.7 Å². The molecule has 1 fully saturated rings. The van der Waals surface area contributed by atoms with Gasteiger partial charge in [0.15, 0.2) is 0 Å². The molecule has 0 spiro atoms. The summed E-state index contributed by atoms with van der Waals surface area (Å²) >= 11 is 6.34. The van der Waals surface area contributed by atoms with Crippen LogP contribution in [0.5, 0.6) is 0 Å². The third-order valence-electron chi connectivity index (χ3n) is 5.92. The number of carbonyl (C=O) groups excluding carboxylic acids is 1. The van der Waals surface area contributed by atoms with Gasteiger partial charge in [0.05, 0.1) is 21.3 Å². The first-order chi connectivity index (χ1) is 17.3. The van der Waals surface area contributed by atoms with E-state index in [4.69, 9.17) is 0 Å². The van der Waals surface area contributed by atoms with Gasteiger partial charge in [-0.25, -0.2) is 13.4 Å². The summed E-state index contributed by atoms with van der Waals surface area (Å²) < 4.78 is 29.6. The standard InChI is InChI=1S/C25H23BrN4O3S3/c1-17-4-2-12-29(16-17)36(32,33)21-9-6-18(7-10-21)24(31)30(27-15-20-5-3-13-34-20)25-28-22-11-8-19(26)14-23(22)35-25/h3,5-11,13-15,17H,2,4,12,16H2,1H3/b27-15+. The van der Waals surface area contributed by atoms with Crippen LogP contribution in [-0.4, -0.2) is 42.9 Å². The quantitative estimate of drug-likeness (QED) is 0.194. The van der Waals surface area contributed by atoms with Crippen molar-refractivity contribution in [1.29, 1.82) is 0 Å². The molecule has 2 aromatic heterocycles. The number of fused-ring (bicyclic) bond motifs is 1. The number of carbonyl (C=O) groups is 1. The van der Waals surface area contributed by atoms with E-state index in [-0.39, 0.29) is 4.90 Å². The van der Waals surface area contributed by atoms with Gasteiger partial charge in [-0.3, -0.25) is 4.79 Å². The van der Waals surface area contributed by atoms with Gasteiger partial charge in [0.1, 0.15) is 0 Å². The lowest BCUT2D eigenvalue weighted by atomic mass is 10.0. The lowest BCUT2D eigenvalue weighted by Crippen LogP contribution is -2.39. The summed E-state index contributed by atoms with van der Waals surface area (Å²) in [5.74, 6) is -0.0601. The second-order valence-electron chi connectivity index (χ2n) is 8.62. The summed E-state index contributed by atoms with van der Waals surface area (Å²) in [5, 5.41) is 8.10. The van der Waals surface area contributed by atoms with Gasteiger partial charge in [-0.15, -0.1) is 11.3 Å². The zero-order valence-corrected chi connectivity index (χ0v) is 23.4. The molecule has 4 aromatic rings. The number of piperidine rings is 1. The van der Waals surface area contributed by atoms with Gasteiger partial charge in [0, 0.05) is 28.0 Å². The van der Waals surface area contributed by atoms with Crippen LogP contribution in [0.25, 0.3) is 10.2 Å². The predicted molar refractivity (Wildman–Crippen MR) is 150 cm³/mol. The first-order valence-corrected chi connectivity index (χ1v) is 15.3. The first-order valence-electron chi connectivity index (χ1n) is 11.4. The second kappa shape index (κ2) is 10.5. The van der Waals surface area contributed by atoms with Crippen molar-refractivity contribution in [1.82, 2.24) is 9.29 Å². The van der Waals surface area contributed by atoms with Crippen LogP contribution in [0.2, 0.25) is 0 Å². The summed E-state index contributed by atoms with van der Waals surface area (Å²) in [6, 6.07) is 15.6. The number of benzene rings is 2. The third-order valence-corrected chi connectivity index (χ3v) is 10.1. The van der Waals surface area contributed by atoms with Crippen molar-refractivity contribution >= 4 is 76.1 Å². The lowest BCUT2D eigenvalue weighted by Gasteiger charge is -2.30. The molecule has 7 nitrogen and oxygen atoms in total. The van der Waals surface area contributed by atoms with Crippen molar-refractivity contribution in [3.05, 3.63) is 74.9 Å². The van der Waals surface area contributed by atoms with Crippen molar-refractivity contribution in [3.63, 3.8) is 0 Å². The molecule has 186 valence electrons. The van der Waals surface area contributed by atoms with Gasteiger partial charge < -0.3 is 0 Å². The highest BCUT2D eigenvalue weighted by atomic mass is 79.9. The van der Waals surface area contributed by atoms with Crippen molar-refractivity contribution < 1.29 is 13.2 Å². The average molecular weight is 604 g/mol. The van der Waals surface area contributed by atoms with Crippen LogP contribution < -0.4 is 5.01 Å². The number of aromatic nitrogens is 1. The highest BCUT2D eigenvalue weighted by Crippen LogP contribution is 2.32. The minimum atomic E-state index is -3.61. The zero-order valence-electron chi connectivity index (χ0n) is 19.4. The molecule has 1 atom stereocenters. The van der Waals surface area contributed by atoms with Crippen molar-refractivity contribution in [2.24, 2.45) is 11.0 Å². The fourth-order valence-electron chi connectivity index (χ4n) is 4.05. The Morgan fingerprint density at radius 1 is 1.22 bits per heavy atom. The lowest BCUT2D eigenvalue weighted by molar-refractivity contribution is 0.0987. The van der Waals surface area contributed by atoms with E-state index >= 15 is 0 Å². The minimum absolute atomic E-state index is 0.187. The Hall–Kier alpha value is -2.44. The number of hydrogen-bond donors (Lipinski definition) is 0.